The maximum absolute atomic E-state index is 13.2. The molecule has 1 aliphatic heterocycles. The number of piperidine rings is 1. The summed E-state index contributed by atoms with van der Waals surface area (Å²) in [6, 6.07) is 1.64. The van der Waals surface area contributed by atoms with E-state index < -0.39 is 11.6 Å². The van der Waals surface area contributed by atoms with Crippen molar-refractivity contribution in [3.05, 3.63) is 0 Å². The summed E-state index contributed by atoms with van der Waals surface area (Å²) in [5.41, 5.74) is 5.54. The fraction of sp³-hybridized carbons (Fsp3) is 0.895. The molecule has 2 bridgehead atoms. The van der Waals surface area contributed by atoms with Crippen LogP contribution in [0.1, 0.15) is 58.8 Å². The molecule has 0 aromatic rings. The summed E-state index contributed by atoms with van der Waals surface area (Å²) in [6.07, 6.45) is 6.23. The van der Waals surface area contributed by atoms with Crippen LogP contribution >= 0.6 is 0 Å². The van der Waals surface area contributed by atoms with Gasteiger partial charge in [0.25, 0.3) is 0 Å². The Hall–Kier alpha value is -1.12. The van der Waals surface area contributed by atoms with Crippen LogP contribution in [0.5, 0.6) is 0 Å². The SMILES string of the molecule is CC1CC2CC(C)(O)CC([C@H](N)C(=O)N3[C@H](C#N)C[C@@H]4C[C@@H]43)(C1)C2. The molecular formula is C19H29N3O2. The van der Waals surface area contributed by atoms with E-state index in [2.05, 4.69) is 13.0 Å². The number of aliphatic hydroxyl groups is 1. The summed E-state index contributed by atoms with van der Waals surface area (Å²) in [5, 5.41) is 20.1. The molecule has 0 aromatic carbocycles. The third kappa shape index (κ3) is 2.46. The quantitative estimate of drug-likeness (QED) is 0.807. The van der Waals surface area contributed by atoms with Gasteiger partial charge in [-0.2, -0.15) is 5.26 Å². The van der Waals surface area contributed by atoms with Crippen molar-refractivity contribution in [2.24, 2.45) is 28.9 Å². The highest BCUT2D eigenvalue weighted by molar-refractivity contribution is 5.84. The third-order valence-corrected chi connectivity index (χ3v) is 7.08. The molecule has 0 aromatic heterocycles. The highest BCUT2D eigenvalue weighted by atomic mass is 16.3. The standard InChI is InChI=1S/C19H29N3O2/c1-11-3-12-7-18(2,24)10-19(6-11,8-12)16(21)17(23)22-14(9-20)4-13-5-15(13)22/h11-16,24H,3-8,10,21H2,1-2H3/t11?,12?,13-,14+,15+,16-,18?,19?/m1/s1. The molecule has 4 unspecified atom stereocenters. The van der Waals surface area contributed by atoms with E-state index in [1.54, 1.807) is 4.90 Å². The molecule has 0 spiro atoms. The van der Waals surface area contributed by atoms with Crippen molar-refractivity contribution in [1.29, 1.82) is 5.26 Å². The molecule has 4 rings (SSSR count). The average Bonchev–Trinajstić information content (AvgIpc) is 3.13. The monoisotopic (exact) mass is 331 g/mol. The van der Waals surface area contributed by atoms with Crippen LogP contribution in [0.2, 0.25) is 0 Å². The Kier molecular flexibility index (Phi) is 3.54. The first-order valence-electron chi connectivity index (χ1n) is 9.44. The summed E-state index contributed by atoms with van der Waals surface area (Å²) >= 11 is 0. The minimum atomic E-state index is -0.733. The van der Waals surface area contributed by atoms with E-state index in [4.69, 9.17) is 5.73 Å². The molecule has 4 aliphatic rings. The fourth-order valence-corrected chi connectivity index (χ4v) is 6.52. The minimum Gasteiger partial charge on any atom is -0.390 e. The molecule has 3 aliphatic carbocycles. The van der Waals surface area contributed by atoms with Crippen LogP contribution in [0, 0.1) is 34.5 Å². The zero-order chi connectivity index (χ0) is 17.3. The van der Waals surface area contributed by atoms with E-state index >= 15 is 0 Å². The molecule has 24 heavy (non-hydrogen) atoms. The van der Waals surface area contributed by atoms with Gasteiger partial charge in [-0.1, -0.05) is 6.92 Å². The summed E-state index contributed by atoms with van der Waals surface area (Å²) in [7, 11) is 0. The number of rotatable bonds is 2. The number of likely N-dealkylation sites (tertiary alicyclic amines) is 1. The lowest BCUT2D eigenvalue weighted by molar-refractivity contribution is -0.146. The van der Waals surface area contributed by atoms with Gasteiger partial charge in [-0.15, -0.1) is 0 Å². The fourth-order valence-electron chi connectivity index (χ4n) is 6.52. The van der Waals surface area contributed by atoms with Gasteiger partial charge in [0.05, 0.1) is 17.7 Å². The van der Waals surface area contributed by atoms with Crippen molar-refractivity contribution in [3.63, 3.8) is 0 Å². The van der Waals surface area contributed by atoms with Crippen LogP contribution in [0.15, 0.2) is 0 Å². The van der Waals surface area contributed by atoms with Crippen molar-refractivity contribution in [3.8, 4) is 6.07 Å². The number of amides is 1. The Bertz CT molecular complexity index is 594. The second kappa shape index (κ2) is 5.19. The normalized spacial score (nSPS) is 50.8. The Morgan fingerprint density at radius 3 is 2.79 bits per heavy atom. The zero-order valence-electron chi connectivity index (χ0n) is 14.7. The lowest BCUT2D eigenvalue weighted by Crippen LogP contribution is -2.61. The van der Waals surface area contributed by atoms with Gasteiger partial charge >= 0.3 is 0 Å². The highest BCUT2D eigenvalue weighted by Crippen LogP contribution is 2.56. The van der Waals surface area contributed by atoms with E-state index in [0.717, 1.165) is 38.5 Å². The molecule has 3 saturated carbocycles. The molecule has 3 N–H and O–H groups in total. The van der Waals surface area contributed by atoms with Gasteiger partial charge in [-0.3, -0.25) is 4.79 Å². The molecule has 0 radical (unpaired) electrons. The number of hydrogen-bond acceptors (Lipinski definition) is 4. The van der Waals surface area contributed by atoms with Gasteiger partial charge in [0.2, 0.25) is 5.91 Å². The van der Waals surface area contributed by atoms with Crippen molar-refractivity contribution in [2.45, 2.75) is 82.5 Å². The molecule has 1 heterocycles. The van der Waals surface area contributed by atoms with Crippen molar-refractivity contribution < 1.29 is 9.90 Å². The van der Waals surface area contributed by atoms with Crippen LogP contribution in [0.3, 0.4) is 0 Å². The number of hydrogen-bond donors (Lipinski definition) is 2. The van der Waals surface area contributed by atoms with Gasteiger partial charge in [-0.05, 0) is 75.0 Å². The Morgan fingerprint density at radius 1 is 1.33 bits per heavy atom. The van der Waals surface area contributed by atoms with Crippen LogP contribution in [-0.4, -0.2) is 39.6 Å². The Labute approximate surface area is 144 Å². The second-order valence-corrected chi connectivity index (χ2v) is 9.52. The number of carbonyl (C=O) groups is 1. The van der Waals surface area contributed by atoms with Gasteiger partial charge in [-0.25, -0.2) is 0 Å². The van der Waals surface area contributed by atoms with Gasteiger partial charge in [0, 0.05) is 6.04 Å². The smallest absolute Gasteiger partial charge is 0.241 e. The molecule has 1 saturated heterocycles. The second-order valence-electron chi connectivity index (χ2n) is 9.52. The topological polar surface area (TPSA) is 90.3 Å². The number of nitrogens with zero attached hydrogens (tertiary/aromatic N) is 2. The van der Waals surface area contributed by atoms with Crippen LogP contribution in [0.25, 0.3) is 0 Å². The largest absolute Gasteiger partial charge is 0.390 e. The lowest BCUT2D eigenvalue weighted by atomic mass is 9.53. The first-order valence-corrected chi connectivity index (χ1v) is 9.44. The van der Waals surface area contributed by atoms with E-state index in [1.165, 1.54) is 0 Å². The molecule has 5 nitrogen and oxygen atoms in total. The number of nitriles is 1. The molecule has 132 valence electrons. The van der Waals surface area contributed by atoms with Gasteiger partial charge in [0.15, 0.2) is 0 Å². The summed E-state index contributed by atoms with van der Waals surface area (Å²) in [5.74, 6) is 1.46. The summed E-state index contributed by atoms with van der Waals surface area (Å²) < 4.78 is 0. The maximum Gasteiger partial charge on any atom is 0.241 e. The third-order valence-electron chi connectivity index (χ3n) is 7.08. The number of fused-ring (bicyclic) bond motifs is 3. The predicted molar refractivity (Wildman–Crippen MR) is 89.5 cm³/mol. The highest BCUT2D eigenvalue weighted by Gasteiger charge is 2.59. The maximum atomic E-state index is 13.2. The van der Waals surface area contributed by atoms with Crippen LogP contribution in [-0.2, 0) is 4.79 Å². The van der Waals surface area contributed by atoms with E-state index in [9.17, 15) is 15.2 Å². The summed E-state index contributed by atoms with van der Waals surface area (Å²) in [6.45, 7) is 4.13. The number of nitrogens with two attached hydrogens (primary N) is 1. The first-order chi connectivity index (χ1) is 11.2. The number of carbonyl (C=O) groups excluding carboxylic acids is 1. The predicted octanol–water partition coefficient (Wildman–Crippen LogP) is 1.79. The summed E-state index contributed by atoms with van der Waals surface area (Å²) in [4.78, 5) is 15.0. The van der Waals surface area contributed by atoms with Crippen LogP contribution < -0.4 is 5.73 Å². The van der Waals surface area contributed by atoms with Gasteiger partial charge in [0.1, 0.15) is 6.04 Å². The average molecular weight is 331 g/mol. The van der Waals surface area contributed by atoms with Crippen molar-refractivity contribution in [1.82, 2.24) is 4.90 Å². The molecule has 1 amide bonds. The van der Waals surface area contributed by atoms with Crippen LogP contribution in [0.4, 0.5) is 0 Å². The van der Waals surface area contributed by atoms with Gasteiger partial charge < -0.3 is 15.7 Å². The molecular weight excluding hydrogens is 302 g/mol. The first kappa shape index (κ1) is 16.4. The van der Waals surface area contributed by atoms with E-state index in [-0.39, 0.29) is 23.4 Å². The molecule has 8 atom stereocenters. The molecule has 5 heteroatoms. The molecule has 4 fully saturated rings. The van der Waals surface area contributed by atoms with E-state index in [1.807, 2.05) is 6.92 Å². The van der Waals surface area contributed by atoms with E-state index in [0.29, 0.717) is 24.2 Å². The zero-order valence-corrected chi connectivity index (χ0v) is 14.7. The lowest BCUT2D eigenvalue weighted by Gasteiger charge is -2.55. The Morgan fingerprint density at radius 2 is 2.08 bits per heavy atom. The Balaban J connectivity index is 1.61. The van der Waals surface area contributed by atoms with Crippen molar-refractivity contribution >= 4 is 5.91 Å². The van der Waals surface area contributed by atoms with Crippen molar-refractivity contribution in [2.75, 3.05) is 0 Å². The minimum absolute atomic E-state index is 0.0444.